The van der Waals surface area contributed by atoms with E-state index in [-0.39, 0.29) is 17.0 Å². The van der Waals surface area contributed by atoms with Gasteiger partial charge in [0, 0.05) is 6.54 Å². The van der Waals surface area contributed by atoms with Gasteiger partial charge in [0.05, 0.1) is 18.4 Å². The lowest BCUT2D eigenvalue weighted by molar-refractivity contribution is 0.0596. The monoisotopic (exact) mass is 319 g/mol. The summed E-state index contributed by atoms with van der Waals surface area (Å²) in [6, 6.07) is 14.8. The summed E-state index contributed by atoms with van der Waals surface area (Å²) >= 11 is 0. The van der Waals surface area contributed by atoms with Gasteiger partial charge >= 0.3 is 5.97 Å². The second-order valence-corrected chi connectivity index (χ2v) is 6.32. The molecule has 0 aliphatic rings. The Labute approximate surface area is 130 Å². The third-order valence-electron chi connectivity index (χ3n) is 3.19. The molecule has 0 aliphatic heterocycles. The van der Waals surface area contributed by atoms with Crippen molar-refractivity contribution in [3.63, 3.8) is 0 Å². The molecular formula is C16H17NO4S. The highest BCUT2D eigenvalue weighted by atomic mass is 32.2. The quantitative estimate of drug-likeness (QED) is 0.795. The maximum absolute atomic E-state index is 12.9. The molecule has 22 heavy (non-hydrogen) atoms. The molecule has 2 rings (SSSR count). The molecule has 0 unspecified atom stereocenters. The number of rotatable bonds is 5. The van der Waals surface area contributed by atoms with Crippen LogP contribution in [0.5, 0.6) is 0 Å². The molecule has 0 aliphatic carbocycles. The van der Waals surface area contributed by atoms with Crippen molar-refractivity contribution in [2.24, 2.45) is 0 Å². The van der Waals surface area contributed by atoms with Gasteiger partial charge in [0.25, 0.3) is 10.0 Å². The average Bonchev–Trinajstić information content (AvgIpc) is 2.55. The molecule has 0 N–H and O–H groups in total. The SMILES string of the molecule is CCN(c1ccccc1)S(=O)(=O)c1ccccc1C(=O)OC. The lowest BCUT2D eigenvalue weighted by Gasteiger charge is -2.23. The first-order valence-electron chi connectivity index (χ1n) is 6.77. The molecule has 0 bridgehead atoms. The lowest BCUT2D eigenvalue weighted by atomic mass is 10.2. The molecule has 0 spiro atoms. The van der Waals surface area contributed by atoms with Gasteiger partial charge in [-0.05, 0) is 31.2 Å². The number of methoxy groups -OCH3 is 1. The minimum absolute atomic E-state index is 0.0272. The molecule has 0 heterocycles. The van der Waals surface area contributed by atoms with Crippen molar-refractivity contribution < 1.29 is 17.9 Å². The van der Waals surface area contributed by atoms with E-state index in [2.05, 4.69) is 4.74 Å². The summed E-state index contributed by atoms with van der Waals surface area (Å²) in [5.74, 6) is -0.678. The summed E-state index contributed by atoms with van der Waals surface area (Å²) in [7, 11) is -2.63. The molecule has 5 nitrogen and oxygen atoms in total. The van der Waals surface area contributed by atoms with Crippen LogP contribution in [0.3, 0.4) is 0 Å². The number of para-hydroxylation sites is 1. The van der Waals surface area contributed by atoms with Crippen molar-refractivity contribution >= 4 is 21.7 Å². The zero-order chi connectivity index (χ0) is 16.2. The maximum Gasteiger partial charge on any atom is 0.339 e. The summed E-state index contributed by atoms with van der Waals surface area (Å²) in [6.45, 7) is 1.99. The van der Waals surface area contributed by atoms with Crippen LogP contribution in [0.2, 0.25) is 0 Å². The topological polar surface area (TPSA) is 63.7 Å². The van der Waals surface area contributed by atoms with Gasteiger partial charge in [0.1, 0.15) is 4.90 Å². The van der Waals surface area contributed by atoms with E-state index in [1.54, 1.807) is 43.3 Å². The van der Waals surface area contributed by atoms with Crippen LogP contribution >= 0.6 is 0 Å². The normalized spacial score (nSPS) is 11.0. The van der Waals surface area contributed by atoms with Crippen molar-refractivity contribution in [1.29, 1.82) is 0 Å². The van der Waals surface area contributed by atoms with Gasteiger partial charge in [-0.3, -0.25) is 4.31 Å². The van der Waals surface area contributed by atoms with Crippen LogP contribution in [-0.4, -0.2) is 28.0 Å². The van der Waals surface area contributed by atoms with E-state index in [9.17, 15) is 13.2 Å². The molecule has 6 heteroatoms. The standard InChI is InChI=1S/C16H17NO4S/c1-3-17(13-9-5-4-6-10-13)22(19,20)15-12-8-7-11-14(15)16(18)21-2/h4-12H,3H2,1-2H3. The Morgan fingerprint density at radius 2 is 1.64 bits per heavy atom. The van der Waals surface area contributed by atoms with Crippen LogP contribution < -0.4 is 4.31 Å². The Balaban J connectivity index is 2.57. The van der Waals surface area contributed by atoms with E-state index in [4.69, 9.17) is 0 Å². The van der Waals surface area contributed by atoms with E-state index in [1.165, 1.54) is 23.5 Å². The number of nitrogens with zero attached hydrogens (tertiary/aromatic N) is 1. The lowest BCUT2D eigenvalue weighted by Crippen LogP contribution is -2.32. The number of hydrogen-bond acceptors (Lipinski definition) is 4. The summed E-state index contributed by atoms with van der Waals surface area (Å²) in [6.07, 6.45) is 0. The number of sulfonamides is 1. The number of ether oxygens (including phenoxy) is 1. The number of carbonyl (C=O) groups is 1. The fourth-order valence-electron chi connectivity index (χ4n) is 2.17. The predicted molar refractivity (Wildman–Crippen MR) is 84.4 cm³/mol. The molecular weight excluding hydrogens is 302 g/mol. The zero-order valence-corrected chi connectivity index (χ0v) is 13.2. The van der Waals surface area contributed by atoms with Crippen LogP contribution in [0.25, 0.3) is 0 Å². The molecule has 0 saturated carbocycles. The molecule has 116 valence electrons. The number of hydrogen-bond donors (Lipinski definition) is 0. The highest BCUT2D eigenvalue weighted by Crippen LogP contribution is 2.25. The average molecular weight is 319 g/mol. The van der Waals surface area contributed by atoms with E-state index in [0.717, 1.165) is 0 Å². The first-order chi connectivity index (χ1) is 10.5. The molecule has 0 aromatic heterocycles. The van der Waals surface area contributed by atoms with Gasteiger partial charge in [0.2, 0.25) is 0 Å². The first-order valence-corrected chi connectivity index (χ1v) is 8.21. The van der Waals surface area contributed by atoms with Crippen LogP contribution in [0.4, 0.5) is 5.69 Å². The minimum Gasteiger partial charge on any atom is -0.465 e. The van der Waals surface area contributed by atoms with E-state index in [1.807, 2.05) is 6.07 Å². The Bertz CT molecular complexity index is 757. The van der Waals surface area contributed by atoms with Gasteiger partial charge < -0.3 is 4.74 Å². The van der Waals surface area contributed by atoms with Crippen molar-refractivity contribution in [3.05, 3.63) is 60.2 Å². The van der Waals surface area contributed by atoms with Crippen LogP contribution in [0, 0.1) is 0 Å². The zero-order valence-electron chi connectivity index (χ0n) is 12.4. The highest BCUT2D eigenvalue weighted by Gasteiger charge is 2.28. The van der Waals surface area contributed by atoms with E-state index < -0.39 is 16.0 Å². The second kappa shape index (κ2) is 6.62. The maximum atomic E-state index is 12.9. The summed E-state index contributed by atoms with van der Waals surface area (Å²) in [4.78, 5) is 11.8. The molecule has 0 fully saturated rings. The van der Waals surface area contributed by atoms with Crippen molar-refractivity contribution in [3.8, 4) is 0 Å². The molecule has 0 amide bonds. The van der Waals surface area contributed by atoms with Crippen LogP contribution in [0.15, 0.2) is 59.5 Å². The highest BCUT2D eigenvalue weighted by molar-refractivity contribution is 7.93. The number of anilines is 1. The summed E-state index contributed by atoms with van der Waals surface area (Å²) in [5, 5.41) is 0. The third kappa shape index (κ3) is 2.96. The van der Waals surface area contributed by atoms with Crippen LogP contribution in [0.1, 0.15) is 17.3 Å². The molecule has 2 aromatic rings. The first kappa shape index (κ1) is 16.0. The minimum atomic E-state index is -3.86. The van der Waals surface area contributed by atoms with Crippen molar-refractivity contribution in [1.82, 2.24) is 0 Å². The summed E-state index contributed by atoms with van der Waals surface area (Å²) in [5.41, 5.74) is 0.573. The predicted octanol–water partition coefficient (Wildman–Crippen LogP) is 2.69. The van der Waals surface area contributed by atoms with Gasteiger partial charge in [-0.1, -0.05) is 30.3 Å². The Kier molecular flexibility index (Phi) is 4.82. The summed E-state index contributed by atoms with van der Waals surface area (Å²) < 4.78 is 31.8. The smallest absolute Gasteiger partial charge is 0.339 e. The number of esters is 1. The molecule has 2 aromatic carbocycles. The Hall–Kier alpha value is -2.34. The van der Waals surface area contributed by atoms with Crippen molar-refractivity contribution in [2.45, 2.75) is 11.8 Å². The molecule has 0 radical (unpaired) electrons. The number of carbonyl (C=O) groups excluding carboxylic acids is 1. The van der Waals surface area contributed by atoms with Gasteiger partial charge in [0.15, 0.2) is 0 Å². The fourth-order valence-corrected chi connectivity index (χ4v) is 3.83. The van der Waals surface area contributed by atoms with Crippen LogP contribution in [-0.2, 0) is 14.8 Å². The molecule has 0 atom stereocenters. The van der Waals surface area contributed by atoms with Gasteiger partial charge in [-0.15, -0.1) is 0 Å². The van der Waals surface area contributed by atoms with Gasteiger partial charge in [-0.25, -0.2) is 13.2 Å². The Morgan fingerprint density at radius 1 is 1.05 bits per heavy atom. The van der Waals surface area contributed by atoms with E-state index in [0.29, 0.717) is 5.69 Å². The second-order valence-electron chi connectivity index (χ2n) is 4.49. The third-order valence-corrected chi connectivity index (χ3v) is 5.15. The van der Waals surface area contributed by atoms with Gasteiger partial charge in [-0.2, -0.15) is 0 Å². The Morgan fingerprint density at radius 3 is 2.23 bits per heavy atom. The number of benzene rings is 2. The van der Waals surface area contributed by atoms with E-state index >= 15 is 0 Å². The largest absolute Gasteiger partial charge is 0.465 e. The van der Waals surface area contributed by atoms with Crippen molar-refractivity contribution in [2.75, 3.05) is 18.0 Å². The fraction of sp³-hybridized carbons (Fsp3) is 0.188. The molecule has 0 saturated heterocycles.